The van der Waals surface area contributed by atoms with Gasteiger partial charge in [0.05, 0.1) is 11.1 Å². The Kier molecular flexibility index (Phi) is 3.82. The molecule has 2 aromatic heterocycles. The van der Waals surface area contributed by atoms with E-state index < -0.39 is 0 Å². The van der Waals surface area contributed by atoms with Crippen LogP contribution in [-0.2, 0) is 7.05 Å². The smallest absolute Gasteiger partial charge is 0.197 e. The molecule has 1 aliphatic rings. The molecule has 0 atom stereocenters. The van der Waals surface area contributed by atoms with E-state index >= 15 is 0 Å². The number of hydrogen-bond donors (Lipinski definition) is 0. The van der Waals surface area contributed by atoms with Gasteiger partial charge >= 0.3 is 0 Å². The summed E-state index contributed by atoms with van der Waals surface area (Å²) in [6.45, 7) is 0. The zero-order chi connectivity index (χ0) is 21.1. The minimum Gasteiger partial charge on any atom is -0.326 e. The molecule has 0 bridgehead atoms. The number of rotatable bonds is 2. The van der Waals surface area contributed by atoms with Gasteiger partial charge in [-0.15, -0.1) is 11.3 Å². The van der Waals surface area contributed by atoms with Crippen LogP contribution in [0.2, 0.25) is 0 Å². The summed E-state index contributed by atoms with van der Waals surface area (Å²) < 4.78 is 2.04. The Morgan fingerprint density at radius 2 is 1.45 bits per heavy atom. The average molecular weight is 420 g/mol. The van der Waals surface area contributed by atoms with Gasteiger partial charge in [0.25, 0.3) is 0 Å². The predicted octanol–water partition coefficient (Wildman–Crippen LogP) is 5.92. The number of fused-ring (bicyclic) bond motifs is 3. The Bertz CT molecular complexity index is 1520. The van der Waals surface area contributed by atoms with Crippen LogP contribution in [0.15, 0.2) is 78.4 Å². The molecule has 0 saturated carbocycles. The van der Waals surface area contributed by atoms with Gasteiger partial charge < -0.3 is 4.57 Å². The first kappa shape index (κ1) is 18.0. The van der Waals surface area contributed by atoms with Crippen LogP contribution in [0.25, 0.3) is 38.6 Å². The fourth-order valence-electron chi connectivity index (χ4n) is 4.19. The number of nitrogens with zero attached hydrogens (tertiary/aromatic N) is 2. The number of Topliss-reactive ketones (excluding diaryl/α,β-unsaturated/α-hetero) is 2. The SMILES string of the molecule is Cn1c(-c2ccccc2)nc2sc(C=C3C(=O)c4cc5ccccc5cc4C3=O)cc21. The van der Waals surface area contributed by atoms with Crippen LogP contribution in [-0.4, -0.2) is 21.1 Å². The van der Waals surface area contributed by atoms with Gasteiger partial charge in [0.15, 0.2) is 11.6 Å². The third-order valence-corrected chi connectivity index (χ3v) is 6.75. The molecule has 0 fully saturated rings. The van der Waals surface area contributed by atoms with Gasteiger partial charge in [0.2, 0.25) is 0 Å². The molecule has 0 radical (unpaired) electrons. The van der Waals surface area contributed by atoms with E-state index in [1.54, 1.807) is 6.08 Å². The molecule has 0 N–H and O–H groups in total. The highest BCUT2D eigenvalue weighted by atomic mass is 32.1. The third kappa shape index (κ3) is 2.71. The largest absolute Gasteiger partial charge is 0.326 e. The highest BCUT2D eigenvalue weighted by Crippen LogP contribution is 2.35. The lowest BCUT2D eigenvalue weighted by Gasteiger charge is -2.01. The monoisotopic (exact) mass is 420 g/mol. The first-order valence-corrected chi connectivity index (χ1v) is 10.8. The molecule has 0 unspecified atom stereocenters. The number of aryl methyl sites for hydroxylation is 1. The Balaban J connectivity index is 1.42. The molecule has 0 spiro atoms. The lowest BCUT2D eigenvalue weighted by atomic mass is 10.0. The van der Waals surface area contributed by atoms with Crippen molar-refractivity contribution < 1.29 is 9.59 Å². The number of thiophene rings is 1. The first-order chi connectivity index (χ1) is 15.1. The standard InChI is InChI=1S/C26H16N2O2S/c1-28-22-14-18(31-26(22)27-25(28)15-7-3-2-4-8-15)13-21-23(29)19-11-16-9-5-6-10-17(16)12-20(19)24(21)30/h2-14H,1H3. The lowest BCUT2D eigenvalue weighted by Crippen LogP contribution is -1.99. The second kappa shape index (κ2) is 6.59. The second-order valence-electron chi connectivity index (χ2n) is 7.66. The van der Waals surface area contributed by atoms with Crippen LogP contribution in [0.3, 0.4) is 0 Å². The predicted molar refractivity (Wildman–Crippen MR) is 125 cm³/mol. The fraction of sp³-hybridized carbons (Fsp3) is 0.0385. The number of benzene rings is 3. The van der Waals surface area contributed by atoms with Crippen LogP contribution >= 0.6 is 11.3 Å². The molecule has 1 aliphatic carbocycles. The van der Waals surface area contributed by atoms with E-state index in [1.807, 2.05) is 84.4 Å². The van der Waals surface area contributed by atoms with Crippen molar-refractivity contribution in [1.29, 1.82) is 0 Å². The quantitative estimate of drug-likeness (QED) is 0.263. The van der Waals surface area contributed by atoms with Crippen molar-refractivity contribution >= 4 is 50.1 Å². The van der Waals surface area contributed by atoms with Gasteiger partial charge in [-0.1, -0.05) is 54.6 Å². The number of carbonyl (C=O) groups excluding carboxylic acids is 2. The normalized spacial score (nSPS) is 13.4. The maximum atomic E-state index is 13.0. The minimum absolute atomic E-state index is 0.207. The molecule has 3 aromatic carbocycles. The third-order valence-electron chi connectivity index (χ3n) is 5.78. The van der Waals surface area contributed by atoms with E-state index in [0.29, 0.717) is 11.1 Å². The summed E-state index contributed by atoms with van der Waals surface area (Å²) in [4.78, 5) is 32.5. The summed E-state index contributed by atoms with van der Waals surface area (Å²) in [5, 5.41) is 1.92. The highest BCUT2D eigenvalue weighted by molar-refractivity contribution is 7.19. The van der Waals surface area contributed by atoms with E-state index in [1.165, 1.54) is 11.3 Å². The first-order valence-electron chi connectivity index (χ1n) is 9.96. The van der Waals surface area contributed by atoms with E-state index in [9.17, 15) is 9.59 Å². The van der Waals surface area contributed by atoms with E-state index in [4.69, 9.17) is 4.98 Å². The van der Waals surface area contributed by atoms with Gasteiger partial charge in [0, 0.05) is 28.6 Å². The van der Waals surface area contributed by atoms with E-state index in [-0.39, 0.29) is 17.1 Å². The van der Waals surface area contributed by atoms with Gasteiger partial charge in [-0.2, -0.15) is 0 Å². The summed E-state index contributed by atoms with van der Waals surface area (Å²) in [5.41, 5.74) is 3.23. The number of aromatic nitrogens is 2. The molecule has 6 rings (SSSR count). The van der Waals surface area contributed by atoms with Crippen molar-refractivity contribution in [3.8, 4) is 11.4 Å². The summed E-state index contributed by atoms with van der Waals surface area (Å²) in [6, 6.07) is 23.4. The number of ketones is 2. The fourth-order valence-corrected chi connectivity index (χ4v) is 5.20. The highest BCUT2D eigenvalue weighted by Gasteiger charge is 2.33. The maximum absolute atomic E-state index is 13.0. The summed E-state index contributed by atoms with van der Waals surface area (Å²) in [5.74, 6) is 0.482. The summed E-state index contributed by atoms with van der Waals surface area (Å²) in [6.07, 6.45) is 1.71. The molecule has 0 saturated heterocycles. The number of hydrogen-bond acceptors (Lipinski definition) is 4. The second-order valence-corrected chi connectivity index (χ2v) is 8.72. The summed E-state index contributed by atoms with van der Waals surface area (Å²) >= 11 is 1.49. The molecule has 148 valence electrons. The molecule has 5 aromatic rings. The number of imidazole rings is 1. The molecule has 0 amide bonds. The molecule has 4 nitrogen and oxygen atoms in total. The van der Waals surface area contributed by atoms with Crippen molar-refractivity contribution in [3.63, 3.8) is 0 Å². The number of allylic oxidation sites excluding steroid dienone is 1. The van der Waals surface area contributed by atoms with Crippen molar-refractivity contribution in [2.45, 2.75) is 0 Å². The molecular formula is C26H16N2O2S. The van der Waals surface area contributed by atoms with Crippen molar-refractivity contribution in [1.82, 2.24) is 9.55 Å². The summed E-state index contributed by atoms with van der Waals surface area (Å²) in [7, 11) is 1.98. The zero-order valence-corrected chi connectivity index (χ0v) is 17.4. The minimum atomic E-state index is -0.207. The van der Waals surface area contributed by atoms with Crippen molar-refractivity contribution in [2.75, 3.05) is 0 Å². The topological polar surface area (TPSA) is 52.0 Å². The van der Waals surface area contributed by atoms with Gasteiger partial charge in [-0.05, 0) is 35.0 Å². The van der Waals surface area contributed by atoms with Gasteiger partial charge in [0.1, 0.15) is 10.7 Å². The Labute approximate surface area is 182 Å². The van der Waals surface area contributed by atoms with Crippen molar-refractivity contribution in [3.05, 3.63) is 94.4 Å². The molecular weight excluding hydrogens is 404 g/mol. The Morgan fingerprint density at radius 1 is 0.839 bits per heavy atom. The molecule has 2 heterocycles. The van der Waals surface area contributed by atoms with E-state index in [0.717, 1.165) is 37.4 Å². The van der Waals surface area contributed by atoms with Crippen LogP contribution in [0.1, 0.15) is 25.6 Å². The number of carbonyl (C=O) groups is 2. The maximum Gasteiger partial charge on any atom is 0.197 e. The molecule has 0 aliphatic heterocycles. The van der Waals surface area contributed by atoms with Gasteiger partial charge in [-0.3, -0.25) is 9.59 Å². The molecule has 31 heavy (non-hydrogen) atoms. The lowest BCUT2D eigenvalue weighted by molar-refractivity contribution is 0.0990. The van der Waals surface area contributed by atoms with Crippen LogP contribution in [0.5, 0.6) is 0 Å². The van der Waals surface area contributed by atoms with E-state index in [2.05, 4.69) is 0 Å². The van der Waals surface area contributed by atoms with Crippen LogP contribution in [0.4, 0.5) is 0 Å². The average Bonchev–Trinajstić information content (AvgIpc) is 3.41. The van der Waals surface area contributed by atoms with Crippen LogP contribution in [0, 0.1) is 0 Å². The molecule has 5 heteroatoms. The van der Waals surface area contributed by atoms with Crippen molar-refractivity contribution in [2.24, 2.45) is 7.05 Å². The Hall–Kier alpha value is -3.83. The van der Waals surface area contributed by atoms with Crippen LogP contribution < -0.4 is 0 Å². The Morgan fingerprint density at radius 3 is 2.06 bits per heavy atom. The van der Waals surface area contributed by atoms with Gasteiger partial charge in [-0.25, -0.2) is 4.98 Å². The zero-order valence-electron chi connectivity index (χ0n) is 16.6.